The van der Waals surface area contributed by atoms with Gasteiger partial charge in [-0.15, -0.1) is 0 Å². The first-order valence-electron chi connectivity index (χ1n) is 11.4. The van der Waals surface area contributed by atoms with Gasteiger partial charge in [0.2, 0.25) is 5.91 Å². The van der Waals surface area contributed by atoms with Gasteiger partial charge in [0, 0.05) is 43.8 Å². The number of carbonyl (C=O) groups is 1. The lowest BCUT2D eigenvalue weighted by Crippen LogP contribution is -2.47. The second-order valence-corrected chi connectivity index (χ2v) is 8.06. The largest absolute Gasteiger partial charge is 0.493 e. The van der Waals surface area contributed by atoms with E-state index in [0.29, 0.717) is 19.0 Å². The van der Waals surface area contributed by atoms with Crippen molar-refractivity contribution in [2.45, 2.75) is 40.0 Å². The molecule has 1 aromatic heterocycles. The topological polar surface area (TPSA) is 70.6 Å². The van der Waals surface area contributed by atoms with Gasteiger partial charge in [-0.3, -0.25) is 9.69 Å². The van der Waals surface area contributed by atoms with Gasteiger partial charge in [0.25, 0.3) is 0 Å². The summed E-state index contributed by atoms with van der Waals surface area (Å²) in [6, 6.07) is 5.71. The lowest BCUT2D eigenvalue weighted by atomic mass is 10.1. The molecule has 1 saturated heterocycles. The first kappa shape index (κ1) is 23.2. The van der Waals surface area contributed by atoms with E-state index in [0.717, 1.165) is 68.1 Å². The molecule has 7 nitrogen and oxygen atoms in total. The summed E-state index contributed by atoms with van der Waals surface area (Å²) in [5.74, 6) is 1.37. The second kappa shape index (κ2) is 11.2. The smallest absolute Gasteiger partial charge is 0.238 e. The van der Waals surface area contributed by atoms with Crippen LogP contribution in [0.4, 0.5) is 5.69 Å². The molecule has 2 aromatic rings. The number of hydrogen-bond donors (Lipinski definition) is 1. The van der Waals surface area contributed by atoms with Crippen molar-refractivity contribution in [2.75, 3.05) is 51.7 Å². The summed E-state index contributed by atoms with van der Waals surface area (Å²) < 4.78 is 5.96. The van der Waals surface area contributed by atoms with Crippen molar-refractivity contribution in [3.8, 4) is 17.1 Å². The number of nitrogens with zero attached hydrogens (tertiary/aromatic N) is 4. The standard InChI is InChI=1S/C24H35N5O2/c1-5-14-31-22-9-8-19(26-23(30)17-29-12-10-28(4)11-13-29)15-20(22)24-25-16-18(6-2)21(7-3)27-24/h8-9,15-16H,5-7,10-14,17H2,1-4H3,(H,26,30). The number of aromatic nitrogens is 2. The highest BCUT2D eigenvalue weighted by atomic mass is 16.5. The molecule has 1 N–H and O–H groups in total. The monoisotopic (exact) mass is 425 g/mol. The Hall–Kier alpha value is -2.51. The Balaban J connectivity index is 1.80. The van der Waals surface area contributed by atoms with Gasteiger partial charge in [-0.25, -0.2) is 9.97 Å². The fourth-order valence-electron chi connectivity index (χ4n) is 3.70. The average molecular weight is 426 g/mol. The maximum Gasteiger partial charge on any atom is 0.238 e. The first-order valence-corrected chi connectivity index (χ1v) is 11.4. The lowest BCUT2D eigenvalue weighted by molar-refractivity contribution is -0.117. The Kier molecular flexibility index (Phi) is 8.37. The van der Waals surface area contributed by atoms with E-state index in [1.54, 1.807) is 0 Å². The first-order chi connectivity index (χ1) is 15.0. The summed E-state index contributed by atoms with van der Waals surface area (Å²) in [6.45, 7) is 11.1. The van der Waals surface area contributed by atoms with Crippen LogP contribution in [0.2, 0.25) is 0 Å². The Labute approximate surface area is 185 Å². The van der Waals surface area contributed by atoms with Crippen LogP contribution in [0.15, 0.2) is 24.4 Å². The summed E-state index contributed by atoms with van der Waals surface area (Å²) in [4.78, 5) is 26.5. The quantitative estimate of drug-likeness (QED) is 0.665. The summed E-state index contributed by atoms with van der Waals surface area (Å²) in [5, 5.41) is 3.04. The van der Waals surface area contributed by atoms with Crippen molar-refractivity contribution in [3.05, 3.63) is 35.7 Å². The number of rotatable bonds is 9. The number of carbonyl (C=O) groups excluding carboxylic acids is 1. The van der Waals surface area contributed by atoms with Crippen LogP contribution >= 0.6 is 0 Å². The predicted molar refractivity (Wildman–Crippen MR) is 125 cm³/mol. The zero-order valence-corrected chi connectivity index (χ0v) is 19.3. The van der Waals surface area contributed by atoms with E-state index >= 15 is 0 Å². The molecule has 0 spiro atoms. The van der Waals surface area contributed by atoms with Crippen LogP contribution in [0.5, 0.6) is 5.75 Å². The minimum Gasteiger partial charge on any atom is -0.493 e. The Morgan fingerprint density at radius 2 is 1.90 bits per heavy atom. The van der Waals surface area contributed by atoms with Crippen LogP contribution in [0.1, 0.15) is 38.4 Å². The zero-order chi connectivity index (χ0) is 22.2. The Morgan fingerprint density at radius 1 is 1.13 bits per heavy atom. The highest BCUT2D eigenvalue weighted by Crippen LogP contribution is 2.31. The van der Waals surface area contributed by atoms with Crippen molar-refractivity contribution in [3.63, 3.8) is 0 Å². The Bertz CT molecular complexity index is 878. The second-order valence-electron chi connectivity index (χ2n) is 8.06. The number of amides is 1. The molecule has 7 heteroatoms. The normalized spacial score (nSPS) is 15.1. The van der Waals surface area contributed by atoms with E-state index in [2.05, 4.69) is 47.9 Å². The van der Waals surface area contributed by atoms with Gasteiger partial charge in [0.1, 0.15) is 5.75 Å². The molecule has 0 aliphatic carbocycles. The van der Waals surface area contributed by atoms with Gasteiger partial charge < -0.3 is 15.0 Å². The van der Waals surface area contributed by atoms with Gasteiger partial charge in [-0.2, -0.15) is 0 Å². The van der Waals surface area contributed by atoms with Gasteiger partial charge in [-0.1, -0.05) is 20.8 Å². The maximum atomic E-state index is 12.6. The number of aryl methyl sites for hydroxylation is 2. The van der Waals surface area contributed by atoms with Crippen LogP contribution in [0.3, 0.4) is 0 Å². The van der Waals surface area contributed by atoms with Gasteiger partial charge in [0.15, 0.2) is 5.82 Å². The molecule has 31 heavy (non-hydrogen) atoms. The Morgan fingerprint density at radius 3 is 2.58 bits per heavy atom. The van der Waals surface area contributed by atoms with E-state index in [-0.39, 0.29) is 5.91 Å². The maximum absolute atomic E-state index is 12.6. The van der Waals surface area contributed by atoms with Crippen molar-refractivity contribution in [2.24, 2.45) is 0 Å². The highest BCUT2D eigenvalue weighted by Gasteiger charge is 2.18. The molecule has 1 aliphatic heterocycles. The molecule has 1 aliphatic rings. The van der Waals surface area contributed by atoms with Gasteiger partial charge in [0.05, 0.1) is 18.7 Å². The predicted octanol–water partition coefficient (Wildman–Crippen LogP) is 3.24. The van der Waals surface area contributed by atoms with E-state index in [9.17, 15) is 4.79 Å². The number of piperazine rings is 1. The van der Waals surface area contributed by atoms with Crippen LogP contribution in [0.25, 0.3) is 11.4 Å². The third-order valence-corrected chi connectivity index (χ3v) is 5.60. The zero-order valence-electron chi connectivity index (χ0n) is 19.3. The molecule has 0 bridgehead atoms. The minimum absolute atomic E-state index is 0.00535. The molecule has 0 unspecified atom stereocenters. The molecular formula is C24H35N5O2. The molecule has 0 saturated carbocycles. The summed E-state index contributed by atoms with van der Waals surface area (Å²) in [6.07, 6.45) is 4.58. The third kappa shape index (κ3) is 6.24. The summed E-state index contributed by atoms with van der Waals surface area (Å²) in [5.41, 5.74) is 3.76. The minimum atomic E-state index is -0.00535. The molecule has 2 heterocycles. The SMILES string of the molecule is CCCOc1ccc(NC(=O)CN2CCN(C)CC2)cc1-c1ncc(CC)c(CC)n1. The van der Waals surface area contributed by atoms with Crippen LogP contribution in [0, 0.1) is 0 Å². The molecule has 0 radical (unpaired) electrons. The van der Waals surface area contributed by atoms with Gasteiger partial charge >= 0.3 is 0 Å². The van der Waals surface area contributed by atoms with E-state index in [1.807, 2.05) is 24.4 Å². The van der Waals surface area contributed by atoms with Crippen LogP contribution < -0.4 is 10.1 Å². The van der Waals surface area contributed by atoms with E-state index in [1.165, 1.54) is 5.56 Å². The molecular weight excluding hydrogens is 390 g/mol. The number of anilines is 1. The summed E-state index contributed by atoms with van der Waals surface area (Å²) >= 11 is 0. The fourth-order valence-corrected chi connectivity index (χ4v) is 3.70. The van der Waals surface area contributed by atoms with E-state index < -0.39 is 0 Å². The molecule has 3 rings (SSSR count). The average Bonchev–Trinajstić information content (AvgIpc) is 2.79. The van der Waals surface area contributed by atoms with Crippen LogP contribution in [-0.4, -0.2) is 72.1 Å². The number of likely N-dealkylation sites (N-methyl/N-ethyl adjacent to an activating group) is 1. The fraction of sp³-hybridized carbons (Fsp3) is 0.542. The van der Waals surface area contributed by atoms with Gasteiger partial charge in [-0.05, 0) is 50.1 Å². The van der Waals surface area contributed by atoms with Crippen molar-refractivity contribution >= 4 is 11.6 Å². The van der Waals surface area contributed by atoms with E-state index in [4.69, 9.17) is 9.72 Å². The number of benzene rings is 1. The number of ether oxygens (including phenoxy) is 1. The number of hydrogen-bond acceptors (Lipinski definition) is 6. The molecule has 1 aromatic carbocycles. The van der Waals surface area contributed by atoms with Crippen molar-refractivity contribution in [1.82, 2.24) is 19.8 Å². The third-order valence-electron chi connectivity index (χ3n) is 5.60. The molecule has 168 valence electrons. The van der Waals surface area contributed by atoms with Crippen molar-refractivity contribution in [1.29, 1.82) is 0 Å². The summed E-state index contributed by atoms with van der Waals surface area (Å²) in [7, 11) is 2.11. The molecule has 0 atom stereocenters. The van der Waals surface area contributed by atoms with Crippen LogP contribution in [-0.2, 0) is 17.6 Å². The number of nitrogens with one attached hydrogen (secondary N) is 1. The lowest BCUT2D eigenvalue weighted by Gasteiger charge is -2.31. The molecule has 1 fully saturated rings. The highest BCUT2D eigenvalue weighted by molar-refractivity contribution is 5.93. The van der Waals surface area contributed by atoms with Crippen molar-refractivity contribution < 1.29 is 9.53 Å². The molecule has 1 amide bonds.